The second-order valence-electron chi connectivity index (χ2n) is 7.05. The predicted molar refractivity (Wildman–Crippen MR) is 100 cm³/mol. The van der Waals surface area contributed by atoms with Crippen LogP contribution < -0.4 is 5.32 Å². The van der Waals surface area contributed by atoms with Crippen molar-refractivity contribution >= 4 is 16.9 Å². The highest BCUT2D eigenvalue weighted by atomic mass is 32.2. The van der Waals surface area contributed by atoms with Gasteiger partial charge in [0.15, 0.2) is 5.03 Å². The lowest BCUT2D eigenvalue weighted by Crippen LogP contribution is -2.40. The van der Waals surface area contributed by atoms with Crippen molar-refractivity contribution in [2.24, 2.45) is 5.92 Å². The first kappa shape index (κ1) is 21.7. The predicted octanol–water partition coefficient (Wildman–Crippen LogP) is 1.92. The van der Waals surface area contributed by atoms with Crippen LogP contribution in [0.2, 0.25) is 0 Å². The molecular weight excluding hydrogens is 409 g/mol. The molecule has 2 aromatic heterocycles. The van der Waals surface area contributed by atoms with Gasteiger partial charge in [0.25, 0.3) is 0 Å². The maximum atomic E-state index is 12.7. The molecule has 0 spiro atoms. The fourth-order valence-corrected chi connectivity index (χ4v) is 4.10. The fraction of sp³-hybridized carbons (Fsp3) is 0.588. The number of aromatic nitrogens is 4. The highest BCUT2D eigenvalue weighted by Crippen LogP contribution is 2.28. The van der Waals surface area contributed by atoms with Crippen molar-refractivity contribution in [3.8, 4) is 0 Å². The van der Waals surface area contributed by atoms with Crippen molar-refractivity contribution in [2.75, 3.05) is 25.0 Å². The average Bonchev–Trinajstić information content (AvgIpc) is 3.16. The summed E-state index contributed by atoms with van der Waals surface area (Å²) < 4.78 is 53.9. The molecule has 3 heterocycles. The third kappa shape index (κ3) is 5.73. The zero-order valence-corrected chi connectivity index (χ0v) is 16.7. The molecule has 0 aromatic carbocycles. The lowest BCUT2D eigenvalue weighted by atomic mass is 10.1. The van der Waals surface area contributed by atoms with Gasteiger partial charge in [0.2, 0.25) is 5.95 Å². The lowest BCUT2D eigenvalue weighted by Gasteiger charge is -2.30. The molecule has 0 saturated carbocycles. The number of hydrogen-bond acceptors (Lipinski definition) is 6. The molecule has 2 aromatic rings. The molecule has 160 valence electrons. The Morgan fingerprint density at radius 2 is 1.97 bits per heavy atom. The van der Waals surface area contributed by atoms with E-state index in [1.807, 2.05) is 11.2 Å². The molecule has 2 N–H and O–H groups in total. The molecule has 1 aliphatic heterocycles. The normalized spacial score (nSPS) is 18.5. The summed E-state index contributed by atoms with van der Waals surface area (Å²) in [7, 11) is -1.39. The lowest BCUT2D eigenvalue weighted by molar-refractivity contribution is -0.138. The van der Waals surface area contributed by atoms with Crippen LogP contribution in [0.25, 0.3) is 0 Å². The number of piperidine rings is 1. The summed E-state index contributed by atoms with van der Waals surface area (Å²) in [5.41, 5.74) is -0.888. The van der Waals surface area contributed by atoms with Gasteiger partial charge in [-0.3, -0.25) is 4.68 Å². The Morgan fingerprint density at radius 1 is 1.31 bits per heavy atom. The van der Waals surface area contributed by atoms with Crippen LogP contribution in [0.5, 0.6) is 0 Å². The van der Waals surface area contributed by atoms with E-state index in [2.05, 4.69) is 20.4 Å². The molecule has 0 bridgehead atoms. The summed E-state index contributed by atoms with van der Waals surface area (Å²) in [4.78, 5) is 7.46. The Bertz CT molecular complexity index is 821. The van der Waals surface area contributed by atoms with Crippen molar-refractivity contribution in [1.29, 1.82) is 0 Å². The molecule has 0 aliphatic carbocycles. The highest BCUT2D eigenvalue weighted by molar-refractivity contribution is 7.82. The molecular formula is C17H23F3N6O2S. The van der Waals surface area contributed by atoms with Crippen LogP contribution in [0, 0.1) is 5.92 Å². The summed E-state index contributed by atoms with van der Waals surface area (Å²) in [6.07, 6.45) is 0.102. The molecule has 0 amide bonds. The minimum absolute atomic E-state index is 0.0112. The van der Waals surface area contributed by atoms with Crippen LogP contribution in [0.1, 0.15) is 25.3 Å². The van der Waals surface area contributed by atoms with Crippen LogP contribution >= 0.6 is 0 Å². The third-order valence-corrected chi connectivity index (χ3v) is 6.02. The summed E-state index contributed by atoms with van der Waals surface area (Å²) in [5.74, 6) is 0.208. The number of hydrogen-bond donors (Lipinski definition) is 2. The van der Waals surface area contributed by atoms with Crippen LogP contribution in [0.15, 0.2) is 29.7 Å². The number of halogens is 3. The minimum atomic E-state index is -4.46. The molecule has 29 heavy (non-hydrogen) atoms. The van der Waals surface area contributed by atoms with E-state index in [1.165, 1.54) is 0 Å². The number of aliphatic hydroxyl groups excluding tert-OH is 1. The number of aliphatic hydroxyl groups is 1. The van der Waals surface area contributed by atoms with Gasteiger partial charge in [-0.2, -0.15) is 18.3 Å². The van der Waals surface area contributed by atoms with Crippen molar-refractivity contribution in [2.45, 2.75) is 43.6 Å². The Balaban J connectivity index is 1.50. The van der Waals surface area contributed by atoms with Crippen molar-refractivity contribution in [1.82, 2.24) is 24.1 Å². The second kappa shape index (κ2) is 9.18. The van der Waals surface area contributed by atoms with Gasteiger partial charge in [0, 0.05) is 50.9 Å². The Kier molecular flexibility index (Phi) is 6.85. The van der Waals surface area contributed by atoms with E-state index in [0.717, 1.165) is 12.4 Å². The topological polar surface area (TPSA) is 96.2 Å². The molecule has 2 unspecified atom stereocenters. The Morgan fingerprint density at radius 3 is 2.55 bits per heavy atom. The van der Waals surface area contributed by atoms with Crippen molar-refractivity contribution in [3.05, 3.63) is 30.2 Å². The van der Waals surface area contributed by atoms with E-state index >= 15 is 0 Å². The van der Waals surface area contributed by atoms with Crippen LogP contribution in [-0.4, -0.2) is 59.1 Å². The Hall–Kier alpha value is -2.05. The van der Waals surface area contributed by atoms with Crippen molar-refractivity contribution < 1.29 is 22.5 Å². The molecule has 3 rings (SSSR count). The van der Waals surface area contributed by atoms with Gasteiger partial charge in [-0.05, 0) is 24.8 Å². The Labute approximate surface area is 168 Å². The number of nitrogens with zero attached hydrogens (tertiary/aromatic N) is 5. The molecule has 12 heteroatoms. The van der Waals surface area contributed by atoms with E-state index in [0.29, 0.717) is 37.5 Å². The number of rotatable bonds is 7. The SMILES string of the molecule is CC(CO)Cn1ccc(S(=O)N2CCC(Nc3ncc(C(F)(F)F)cn3)CC2)n1. The first-order valence-electron chi connectivity index (χ1n) is 9.23. The molecule has 1 saturated heterocycles. The standard InChI is InChI=1S/C17H23F3N6O2S/c1-12(11-27)10-25-5-4-15(24-25)29(28)26-6-2-14(3-7-26)23-16-21-8-13(9-22-16)17(18,19)20/h4-5,8-9,12,14,27H,2-3,6-7,10-11H2,1H3,(H,21,22,23). The van der Waals surface area contributed by atoms with Gasteiger partial charge < -0.3 is 10.4 Å². The quantitative estimate of drug-likeness (QED) is 0.694. The van der Waals surface area contributed by atoms with Gasteiger partial charge >= 0.3 is 6.18 Å². The largest absolute Gasteiger partial charge is 0.419 e. The maximum Gasteiger partial charge on any atom is 0.419 e. The zero-order valence-electron chi connectivity index (χ0n) is 15.8. The average molecular weight is 432 g/mol. The molecule has 1 aliphatic rings. The van der Waals surface area contributed by atoms with E-state index in [9.17, 15) is 17.4 Å². The molecule has 2 atom stereocenters. The summed E-state index contributed by atoms with van der Waals surface area (Å²) in [5, 5.41) is 16.9. The van der Waals surface area contributed by atoms with Gasteiger partial charge in [-0.25, -0.2) is 18.5 Å². The van der Waals surface area contributed by atoms with E-state index < -0.39 is 22.7 Å². The van der Waals surface area contributed by atoms with Crippen LogP contribution in [-0.2, 0) is 23.7 Å². The summed E-state index contributed by atoms with van der Waals surface area (Å²) in [6.45, 7) is 3.60. The number of nitrogens with one attached hydrogen (secondary N) is 1. The van der Waals surface area contributed by atoms with Crippen LogP contribution in [0.3, 0.4) is 0 Å². The fourth-order valence-electron chi connectivity index (χ4n) is 2.94. The first-order chi connectivity index (χ1) is 13.8. The van der Waals surface area contributed by atoms with Crippen molar-refractivity contribution in [3.63, 3.8) is 0 Å². The van der Waals surface area contributed by atoms with Gasteiger partial charge in [0.05, 0.1) is 5.56 Å². The number of alkyl halides is 3. The van der Waals surface area contributed by atoms with E-state index in [-0.39, 0.29) is 24.5 Å². The van der Waals surface area contributed by atoms with E-state index in [1.54, 1.807) is 16.9 Å². The van der Waals surface area contributed by atoms with Gasteiger partial charge in [-0.1, -0.05) is 6.92 Å². The van der Waals surface area contributed by atoms with E-state index in [4.69, 9.17) is 5.11 Å². The molecule has 0 radical (unpaired) electrons. The minimum Gasteiger partial charge on any atom is -0.396 e. The molecule has 1 fully saturated rings. The highest BCUT2D eigenvalue weighted by Gasteiger charge is 2.31. The maximum absolute atomic E-state index is 12.7. The second-order valence-corrected chi connectivity index (χ2v) is 8.49. The van der Waals surface area contributed by atoms with Gasteiger partial charge in [0.1, 0.15) is 11.0 Å². The summed E-state index contributed by atoms with van der Waals surface area (Å²) >= 11 is 0. The van der Waals surface area contributed by atoms with Crippen LogP contribution in [0.4, 0.5) is 19.1 Å². The third-order valence-electron chi connectivity index (χ3n) is 4.61. The first-order valence-corrected chi connectivity index (χ1v) is 10.3. The number of anilines is 1. The zero-order chi connectivity index (χ0) is 21.0. The smallest absolute Gasteiger partial charge is 0.396 e. The monoisotopic (exact) mass is 432 g/mol. The van der Waals surface area contributed by atoms with Gasteiger partial charge in [-0.15, -0.1) is 0 Å². The molecule has 8 nitrogen and oxygen atoms in total. The summed E-state index contributed by atoms with van der Waals surface area (Å²) in [6, 6.07) is 1.70.